The van der Waals surface area contributed by atoms with Crippen LogP contribution in [0.2, 0.25) is 0 Å². The molecule has 0 radical (unpaired) electrons. The average Bonchev–Trinajstić information content (AvgIpc) is 2.39. The van der Waals surface area contributed by atoms with Crippen LogP contribution in [0.15, 0.2) is 0 Å². The summed E-state index contributed by atoms with van der Waals surface area (Å²) >= 11 is 0. The van der Waals surface area contributed by atoms with Crippen molar-refractivity contribution in [2.45, 2.75) is 66.2 Å². The highest BCUT2D eigenvalue weighted by Gasteiger charge is 2.15. The molecule has 2 nitrogen and oxygen atoms in total. The molecule has 0 aromatic heterocycles. The van der Waals surface area contributed by atoms with Crippen LogP contribution in [0.1, 0.15) is 66.2 Å². The Balaban J connectivity index is 2.06. The molecule has 1 aliphatic rings. The van der Waals surface area contributed by atoms with E-state index < -0.39 is 0 Å². The third kappa shape index (κ3) is 8.26. The van der Waals surface area contributed by atoms with Crippen LogP contribution in [0, 0.1) is 11.3 Å². The van der Waals surface area contributed by atoms with Gasteiger partial charge in [0.05, 0.1) is 0 Å². The van der Waals surface area contributed by atoms with Gasteiger partial charge in [0, 0.05) is 26.2 Å². The van der Waals surface area contributed by atoms with Crippen LogP contribution in [0.4, 0.5) is 0 Å². The van der Waals surface area contributed by atoms with Crippen molar-refractivity contribution in [2.75, 3.05) is 39.8 Å². The summed E-state index contributed by atoms with van der Waals surface area (Å²) in [5, 5.41) is 0. The molecule has 1 rings (SSSR count). The van der Waals surface area contributed by atoms with Gasteiger partial charge in [-0.15, -0.1) is 0 Å². The SMILES string of the molecule is CC[C@@H](CCCCN1CCN(C)CC1)CCC(C)(C)C. The van der Waals surface area contributed by atoms with Gasteiger partial charge >= 0.3 is 0 Å². The fraction of sp³-hybridized carbons (Fsp3) is 1.00. The Labute approximate surface area is 127 Å². The van der Waals surface area contributed by atoms with Gasteiger partial charge in [-0.1, -0.05) is 47.0 Å². The quantitative estimate of drug-likeness (QED) is 0.614. The van der Waals surface area contributed by atoms with Gasteiger partial charge in [-0.3, -0.25) is 0 Å². The molecule has 20 heavy (non-hydrogen) atoms. The topological polar surface area (TPSA) is 6.48 Å². The molecule has 120 valence electrons. The molecule has 0 amide bonds. The van der Waals surface area contributed by atoms with Gasteiger partial charge in [0.1, 0.15) is 0 Å². The molecule has 0 N–H and O–H groups in total. The van der Waals surface area contributed by atoms with Crippen LogP contribution in [-0.4, -0.2) is 49.6 Å². The Morgan fingerprint density at radius 2 is 1.60 bits per heavy atom. The van der Waals surface area contributed by atoms with Gasteiger partial charge in [-0.05, 0) is 44.2 Å². The smallest absolute Gasteiger partial charge is 0.0110 e. The highest BCUT2D eigenvalue weighted by Crippen LogP contribution is 2.27. The maximum absolute atomic E-state index is 2.65. The first-order chi connectivity index (χ1) is 9.40. The third-order valence-electron chi connectivity index (χ3n) is 4.81. The predicted molar refractivity (Wildman–Crippen MR) is 90.3 cm³/mol. The highest BCUT2D eigenvalue weighted by atomic mass is 15.2. The van der Waals surface area contributed by atoms with E-state index in [1.807, 2.05) is 0 Å². The summed E-state index contributed by atoms with van der Waals surface area (Å²) < 4.78 is 0. The van der Waals surface area contributed by atoms with Crippen LogP contribution in [-0.2, 0) is 0 Å². The lowest BCUT2D eigenvalue weighted by atomic mass is 9.84. The lowest BCUT2D eigenvalue weighted by Crippen LogP contribution is -2.44. The van der Waals surface area contributed by atoms with Crippen LogP contribution < -0.4 is 0 Å². The summed E-state index contributed by atoms with van der Waals surface area (Å²) in [4.78, 5) is 5.09. The van der Waals surface area contributed by atoms with E-state index in [0.717, 1.165) is 5.92 Å². The number of unbranched alkanes of at least 4 members (excludes halogenated alkanes) is 1. The molecular formula is C18H38N2. The van der Waals surface area contributed by atoms with Crippen molar-refractivity contribution >= 4 is 0 Å². The minimum Gasteiger partial charge on any atom is -0.304 e. The van der Waals surface area contributed by atoms with Crippen molar-refractivity contribution in [1.82, 2.24) is 9.80 Å². The third-order valence-corrected chi connectivity index (χ3v) is 4.81. The number of likely N-dealkylation sites (N-methyl/N-ethyl adjacent to an activating group) is 1. The molecule has 2 heteroatoms. The van der Waals surface area contributed by atoms with Crippen LogP contribution in [0.5, 0.6) is 0 Å². The molecule has 0 unspecified atom stereocenters. The largest absolute Gasteiger partial charge is 0.304 e. The molecule has 0 bridgehead atoms. The predicted octanol–water partition coefficient (Wildman–Crippen LogP) is 4.26. The lowest BCUT2D eigenvalue weighted by molar-refractivity contribution is 0.151. The second-order valence-electron chi connectivity index (χ2n) is 8.01. The molecule has 0 aromatic carbocycles. The van der Waals surface area contributed by atoms with E-state index in [1.54, 1.807) is 0 Å². The molecule has 1 atom stereocenters. The van der Waals surface area contributed by atoms with E-state index in [1.165, 1.54) is 71.2 Å². The van der Waals surface area contributed by atoms with Gasteiger partial charge in [0.2, 0.25) is 0 Å². The van der Waals surface area contributed by atoms with E-state index in [4.69, 9.17) is 0 Å². The maximum Gasteiger partial charge on any atom is 0.0110 e. The van der Waals surface area contributed by atoms with Crippen molar-refractivity contribution in [3.05, 3.63) is 0 Å². The molecular weight excluding hydrogens is 244 g/mol. The first-order valence-electron chi connectivity index (χ1n) is 8.81. The summed E-state index contributed by atoms with van der Waals surface area (Å²) in [7, 11) is 2.23. The number of piperazine rings is 1. The standard InChI is InChI=1S/C18H38N2/c1-6-17(10-11-18(2,3)4)9-7-8-12-20-15-13-19(5)14-16-20/h17H,6-16H2,1-5H3/t17-/m0/s1. The fourth-order valence-corrected chi connectivity index (χ4v) is 3.03. The molecule has 1 heterocycles. The van der Waals surface area contributed by atoms with Crippen molar-refractivity contribution in [1.29, 1.82) is 0 Å². The van der Waals surface area contributed by atoms with Crippen LogP contribution in [0.25, 0.3) is 0 Å². The van der Waals surface area contributed by atoms with Crippen molar-refractivity contribution < 1.29 is 0 Å². The van der Waals surface area contributed by atoms with Crippen molar-refractivity contribution in [3.8, 4) is 0 Å². The van der Waals surface area contributed by atoms with Crippen LogP contribution >= 0.6 is 0 Å². The molecule has 1 fully saturated rings. The summed E-state index contributed by atoms with van der Waals surface area (Å²) in [6, 6.07) is 0. The Bertz CT molecular complexity index is 236. The average molecular weight is 283 g/mol. The summed E-state index contributed by atoms with van der Waals surface area (Å²) in [6.45, 7) is 15.9. The number of hydrogen-bond acceptors (Lipinski definition) is 2. The number of hydrogen-bond donors (Lipinski definition) is 0. The summed E-state index contributed by atoms with van der Waals surface area (Å²) in [5.74, 6) is 0.960. The number of rotatable bonds is 8. The molecule has 0 spiro atoms. The van der Waals surface area contributed by atoms with E-state index >= 15 is 0 Å². The minimum atomic E-state index is 0.507. The van der Waals surface area contributed by atoms with Crippen LogP contribution in [0.3, 0.4) is 0 Å². The zero-order valence-corrected chi connectivity index (χ0v) is 14.7. The zero-order valence-electron chi connectivity index (χ0n) is 14.7. The van der Waals surface area contributed by atoms with E-state index in [-0.39, 0.29) is 0 Å². The van der Waals surface area contributed by atoms with Gasteiger partial charge in [0.15, 0.2) is 0 Å². The van der Waals surface area contributed by atoms with E-state index in [2.05, 4.69) is 44.5 Å². The van der Waals surface area contributed by atoms with Crippen molar-refractivity contribution in [3.63, 3.8) is 0 Å². The minimum absolute atomic E-state index is 0.507. The molecule has 0 aromatic rings. The molecule has 0 saturated carbocycles. The zero-order chi connectivity index (χ0) is 15.0. The highest BCUT2D eigenvalue weighted by molar-refractivity contribution is 4.70. The van der Waals surface area contributed by atoms with E-state index in [0.29, 0.717) is 5.41 Å². The Morgan fingerprint density at radius 3 is 2.15 bits per heavy atom. The molecule has 0 aliphatic carbocycles. The second-order valence-corrected chi connectivity index (χ2v) is 8.01. The fourth-order valence-electron chi connectivity index (χ4n) is 3.03. The van der Waals surface area contributed by atoms with Gasteiger partial charge < -0.3 is 9.80 Å². The normalized spacial score (nSPS) is 20.2. The molecule has 1 aliphatic heterocycles. The maximum atomic E-state index is 2.65. The first kappa shape index (κ1) is 18.0. The number of nitrogens with zero attached hydrogens (tertiary/aromatic N) is 2. The van der Waals surface area contributed by atoms with Gasteiger partial charge in [-0.2, -0.15) is 0 Å². The Hall–Kier alpha value is -0.0800. The summed E-state index contributed by atoms with van der Waals surface area (Å²) in [6.07, 6.45) is 8.44. The van der Waals surface area contributed by atoms with E-state index in [9.17, 15) is 0 Å². The molecule has 1 saturated heterocycles. The first-order valence-corrected chi connectivity index (χ1v) is 8.81. The Morgan fingerprint density at radius 1 is 0.950 bits per heavy atom. The van der Waals surface area contributed by atoms with Gasteiger partial charge in [0.25, 0.3) is 0 Å². The lowest BCUT2D eigenvalue weighted by Gasteiger charge is -2.32. The second kappa shape index (κ2) is 9.04. The van der Waals surface area contributed by atoms with Gasteiger partial charge in [-0.25, -0.2) is 0 Å². The monoisotopic (exact) mass is 282 g/mol. The Kier molecular flexibility index (Phi) is 8.13. The summed E-state index contributed by atoms with van der Waals surface area (Å²) in [5.41, 5.74) is 0.507. The van der Waals surface area contributed by atoms with Crippen molar-refractivity contribution in [2.24, 2.45) is 11.3 Å².